The van der Waals surface area contributed by atoms with Crippen molar-refractivity contribution in [3.05, 3.63) is 60.2 Å². The zero-order chi connectivity index (χ0) is 26.1. The minimum atomic E-state index is -0.661. The van der Waals surface area contributed by atoms with Gasteiger partial charge in [0.05, 0.1) is 11.6 Å². The Balaban J connectivity index is 1.93. The van der Waals surface area contributed by atoms with Crippen molar-refractivity contribution in [2.75, 3.05) is 27.3 Å². The van der Waals surface area contributed by atoms with Gasteiger partial charge in [-0.25, -0.2) is 0 Å². The van der Waals surface area contributed by atoms with Crippen LogP contribution in [-0.4, -0.2) is 61.3 Å². The van der Waals surface area contributed by atoms with Gasteiger partial charge in [-0.05, 0) is 55.2 Å². The maximum absolute atomic E-state index is 13.2. The van der Waals surface area contributed by atoms with Crippen molar-refractivity contribution in [3.63, 3.8) is 0 Å². The lowest BCUT2D eigenvalue weighted by Gasteiger charge is -2.38. The SMILES string of the molecule is COCCCCC(CCN(C)C(=O)[C@H]1C[C@@H](N)[C@@H](O)C1)(NC(C)=O)c1ccccc1-c1ccccc1. The van der Waals surface area contributed by atoms with Crippen molar-refractivity contribution in [1.29, 1.82) is 0 Å². The number of benzene rings is 2. The number of nitrogens with one attached hydrogen (secondary N) is 1. The van der Waals surface area contributed by atoms with Crippen LogP contribution in [-0.2, 0) is 19.9 Å². The topological polar surface area (TPSA) is 105 Å². The van der Waals surface area contributed by atoms with Crippen LogP contribution < -0.4 is 11.1 Å². The fourth-order valence-corrected chi connectivity index (χ4v) is 5.40. The van der Waals surface area contributed by atoms with Crippen LogP contribution in [0.5, 0.6) is 0 Å². The molecule has 2 aromatic rings. The number of methoxy groups -OCH3 is 1. The third-order valence-electron chi connectivity index (χ3n) is 7.32. The van der Waals surface area contributed by atoms with E-state index in [0.29, 0.717) is 32.4 Å². The smallest absolute Gasteiger partial charge is 0.225 e. The van der Waals surface area contributed by atoms with Crippen molar-refractivity contribution >= 4 is 11.8 Å². The van der Waals surface area contributed by atoms with E-state index in [0.717, 1.165) is 36.0 Å². The summed E-state index contributed by atoms with van der Waals surface area (Å²) in [5.74, 6) is -0.383. The fourth-order valence-electron chi connectivity index (χ4n) is 5.40. The largest absolute Gasteiger partial charge is 0.391 e. The molecule has 4 N–H and O–H groups in total. The minimum Gasteiger partial charge on any atom is -0.391 e. The molecule has 0 bridgehead atoms. The molecule has 1 unspecified atom stereocenters. The van der Waals surface area contributed by atoms with Gasteiger partial charge in [0.1, 0.15) is 0 Å². The van der Waals surface area contributed by atoms with Gasteiger partial charge >= 0.3 is 0 Å². The maximum atomic E-state index is 13.2. The number of unbranched alkanes of at least 4 members (excludes halogenated alkanes) is 1. The summed E-state index contributed by atoms with van der Waals surface area (Å²) in [7, 11) is 3.49. The molecular formula is C29H41N3O4. The summed E-state index contributed by atoms with van der Waals surface area (Å²) in [5, 5.41) is 13.3. The number of carbonyl (C=O) groups is 2. The molecule has 0 spiro atoms. The Morgan fingerprint density at radius 3 is 2.42 bits per heavy atom. The Labute approximate surface area is 215 Å². The van der Waals surface area contributed by atoms with Crippen LogP contribution in [0.4, 0.5) is 0 Å². The Bertz CT molecular complexity index is 989. The van der Waals surface area contributed by atoms with Crippen molar-refractivity contribution in [3.8, 4) is 11.1 Å². The van der Waals surface area contributed by atoms with Crippen LogP contribution in [0.1, 0.15) is 51.0 Å². The number of amides is 2. The molecule has 0 heterocycles. The number of nitrogens with two attached hydrogens (primary N) is 1. The first-order chi connectivity index (χ1) is 17.3. The van der Waals surface area contributed by atoms with E-state index in [1.54, 1.807) is 26.0 Å². The average Bonchev–Trinajstić information content (AvgIpc) is 3.22. The van der Waals surface area contributed by atoms with E-state index in [2.05, 4.69) is 29.6 Å². The molecule has 1 saturated carbocycles. The highest BCUT2D eigenvalue weighted by Gasteiger charge is 2.38. The van der Waals surface area contributed by atoms with E-state index >= 15 is 0 Å². The Hall–Kier alpha value is -2.74. The molecule has 0 saturated heterocycles. The van der Waals surface area contributed by atoms with E-state index in [1.807, 2.05) is 30.3 Å². The van der Waals surface area contributed by atoms with Gasteiger partial charge in [0.25, 0.3) is 0 Å². The number of ether oxygens (including phenoxy) is 1. The van der Waals surface area contributed by atoms with Gasteiger partial charge in [-0.3, -0.25) is 9.59 Å². The van der Waals surface area contributed by atoms with Crippen molar-refractivity contribution in [2.45, 2.75) is 63.1 Å². The van der Waals surface area contributed by atoms with Gasteiger partial charge in [-0.1, -0.05) is 54.6 Å². The maximum Gasteiger partial charge on any atom is 0.225 e. The summed E-state index contributed by atoms with van der Waals surface area (Å²) in [5.41, 5.74) is 8.49. The van der Waals surface area contributed by atoms with Gasteiger partial charge < -0.3 is 25.8 Å². The highest BCUT2D eigenvalue weighted by Crippen LogP contribution is 2.38. The molecule has 2 amide bonds. The lowest BCUT2D eigenvalue weighted by atomic mass is 9.78. The second-order valence-corrected chi connectivity index (χ2v) is 10.0. The first-order valence-corrected chi connectivity index (χ1v) is 12.9. The summed E-state index contributed by atoms with van der Waals surface area (Å²) in [6.45, 7) is 2.67. The summed E-state index contributed by atoms with van der Waals surface area (Å²) >= 11 is 0. The van der Waals surface area contributed by atoms with E-state index in [9.17, 15) is 14.7 Å². The molecule has 4 atom stereocenters. The normalized spacial score (nSPS) is 21.1. The van der Waals surface area contributed by atoms with Crippen molar-refractivity contribution < 1.29 is 19.4 Å². The third kappa shape index (κ3) is 6.93. The highest BCUT2D eigenvalue weighted by molar-refractivity contribution is 5.79. The third-order valence-corrected chi connectivity index (χ3v) is 7.32. The highest BCUT2D eigenvalue weighted by atomic mass is 16.5. The zero-order valence-corrected chi connectivity index (χ0v) is 21.8. The molecule has 0 aliphatic heterocycles. The zero-order valence-electron chi connectivity index (χ0n) is 21.8. The molecule has 3 rings (SSSR count). The van der Waals surface area contributed by atoms with Crippen LogP contribution in [0.3, 0.4) is 0 Å². The second kappa shape index (κ2) is 13.0. The number of hydrogen-bond acceptors (Lipinski definition) is 5. The number of aliphatic hydroxyl groups is 1. The monoisotopic (exact) mass is 495 g/mol. The molecule has 196 valence electrons. The number of nitrogens with zero attached hydrogens (tertiary/aromatic N) is 1. The quantitative estimate of drug-likeness (QED) is 0.391. The summed E-state index contributed by atoms with van der Waals surface area (Å²) in [6, 6.07) is 18.0. The second-order valence-electron chi connectivity index (χ2n) is 10.0. The van der Waals surface area contributed by atoms with Crippen LogP contribution in [0, 0.1) is 5.92 Å². The molecule has 2 aromatic carbocycles. The molecule has 36 heavy (non-hydrogen) atoms. The average molecular weight is 496 g/mol. The van der Waals surface area contributed by atoms with Gasteiger partial charge in [0, 0.05) is 46.2 Å². The fraction of sp³-hybridized carbons (Fsp3) is 0.517. The summed E-state index contributed by atoms with van der Waals surface area (Å²) in [6.07, 6.45) is 3.27. The van der Waals surface area contributed by atoms with E-state index in [1.165, 1.54) is 0 Å². The van der Waals surface area contributed by atoms with Crippen LogP contribution >= 0.6 is 0 Å². The number of hydrogen-bond donors (Lipinski definition) is 3. The number of aliphatic hydroxyl groups excluding tert-OH is 1. The van der Waals surface area contributed by atoms with Gasteiger partial charge in [-0.2, -0.15) is 0 Å². The first kappa shape index (κ1) is 27.8. The molecule has 1 fully saturated rings. The summed E-state index contributed by atoms with van der Waals surface area (Å²) < 4.78 is 5.27. The van der Waals surface area contributed by atoms with Crippen LogP contribution in [0.15, 0.2) is 54.6 Å². The molecule has 7 heteroatoms. The molecular weight excluding hydrogens is 454 g/mol. The molecule has 7 nitrogen and oxygen atoms in total. The lowest BCUT2D eigenvalue weighted by molar-refractivity contribution is -0.134. The predicted molar refractivity (Wildman–Crippen MR) is 142 cm³/mol. The first-order valence-electron chi connectivity index (χ1n) is 12.9. The predicted octanol–water partition coefficient (Wildman–Crippen LogP) is 3.45. The molecule has 1 aliphatic carbocycles. The number of rotatable bonds is 12. The van der Waals surface area contributed by atoms with Gasteiger partial charge in [0.2, 0.25) is 11.8 Å². The van der Waals surface area contributed by atoms with Gasteiger partial charge in [0.15, 0.2) is 0 Å². The van der Waals surface area contributed by atoms with Crippen molar-refractivity contribution in [2.24, 2.45) is 11.7 Å². The minimum absolute atomic E-state index is 0.00514. The summed E-state index contributed by atoms with van der Waals surface area (Å²) in [4.78, 5) is 27.5. The number of carbonyl (C=O) groups excluding carboxylic acids is 2. The standard InChI is InChI=1S/C29H41N3O4/c1-21(33)31-29(15-9-10-18-36-3,16-17-32(2)28(35)23-19-26(30)27(34)20-23)25-14-8-7-13-24(25)22-11-5-4-6-12-22/h4-8,11-14,23,26-27,34H,9-10,15-20,30H2,1-3H3,(H,31,33)/t23-,26+,27-,29?/m0/s1. The van der Waals surface area contributed by atoms with E-state index in [-0.39, 0.29) is 23.8 Å². The molecule has 0 radical (unpaired) electrons. The Kier molecular flexibility index (Phi) is 10.0. The molecule has 0 aromatic heterocycles. The van der Waals surface area contributed by atoms with E-state index < -0.39 is 11.6 Å². The van der Waals surface area contributed by atoms with Crippen LogP contribution in [0.2, 0.25) is 0 Å². The van der Waals surface area contributed by atoms with Gasteiger partial charge in [-0.15, -0.1) is 0 Å². The van der Waals surface area contributed by atoms with Crippen LogP contribution in [0.25, 0.3) is 11.1 Å². The van der Waals surface area contributed by atoms with Crippen molar-refractivity contribution in [1.82, 2.24) is 10.2 Å². The Morgan fingerprint density at radius 1 is 1.08 bits per heavy atom. The Morgan fingerprint density at radius 2 is 1.78 bits per heavy atom. The lowest BCUT2D eigenvalue weighted by Crippen LogP contribution is -2.48. The molecule has 1 aliphatic rings. The van der Waals surface area contributed by atoms with E-state index in [4.69, 9.17) is 10.5 Å².